The van der Waals surface area contributed by atoms with Crippen LogP contribution in [0.15, 0.2) is 24.3 Å². The first-order valence-corrected chi connectivity index (χ1v) is 5.78. The predicted molar refractivity (Wildman–Crippen MR) is 63.8 cm³/mol. The summed E-state index contributed by atoms with van der Waals surface area (Å²) in [4.78, 5) is 11.4. The Morgan fingerprint density at radius 2 is 2.19 bits per heavy atom. The molecular formula is C13H18N2O. The van der Waals surface area contributed by atoms with Crippen molar-refractivity contribution in [2.75, 3.05) is 6.54 Å². The molecule has 0 radical (unpaired) electrons. The highest BCUT2D eigenvalue weighted by Crippen LogP contribution is 2.30. The van der Waals surface area contributed by atoms with Gasteiger partial charge in [-0.2, -0.15) is 0 Å². The highest BCUT2D eigenvalue weighted by molar-refractivity contribution is 5.78. The fourth-order valence-corrected chi connectivity index (χ4v) is 2.46. The van der Waals surface area contributed by atoms with Crippen LogP contribution in [0.4, 0.5) is 0 Å². The van der Waals surface area contributed by atoms with E-state index in [0.717, 1.165) is 19.4 Å². The van der Waals surface area contributed by atoms with E-state index in [4.69, 9.17) is 5.73 Å². The Balaban J connectivity index is 2.30. The Hall–Kier alpha value is -1.35. The molecule has 1 aliphatic heterocycles. The van der Waals surface area contributed by atoms with Gasteiger partial charge in [0.1, 0.15) is 0 Å². The highest BCUT2D eigenvalue weighted by atomic mass is 16.1. The summed E-state index contributed by atoms with van der Waals surface area (Å²) >= 11 is 0. The monoisotopic (exact) mass is 218 g/mol. The molecule has 3 heteroatoms. The average molecular weight is 218 g/mol. The lowest BCUT2D eigenvalue weighted by atomic mass is 9.84. The Bertz CT molecular complexity index is 389. The molecule has 3 nitrogen and oxygen atoms in total. The predicted octanol–water partition coefficient (Wildman–Crippen LogP) is 1.52. The molecule has 1 fully saturated rings. The van der Waals surface area contributed by atoms with Crippen LogP contribution in [0.2, 0.25) is 0 Å². The van der Waals surface area contributed by atoms with Crippen LogP contribution in [0, 0.1) is 12.8 Å². The molecule has 0 spiro atoms. The van der Waals surface area contributed by atoms with Gasteiger partial charge >= 0.3 is 0 Å². The van der Waals surface area contributed by atoms with Gasteiger partial charge in [-0.05, 0) is 37.4 Å². The maximum atomic E-state index is 11.4. The summed E-state index contributed by atoms with van der Waals surface area (Å²) < 4.78 is 0. The Morgan fingerprint density at radius 3 is 2.88 bits per heavy atom. The number of nitrogens with two attached hydrogens (primary N) is 1. The minimum atomic E-state index is -0.194. The third kappa shape index (κ3) is 2.09. The van der Waals surface area contributed by atoms with Crippen molar-refractivity contribution in [3.63, 3.8) is 0 Å². The second-order valence-corrected chi connectivity index (χ2v) is 4.44. The number of carbonyl (C=O) groups excluding carboxylic acids is 1. The second kappa shape index (κ2) is 4.66. The van der Waals surface area contributed by atoms with E-state index < -0.39 is 0 Å². The third-order valence-electron chi connectivity index (χ3n) is 3.35. The van der Waals surface area contributed by atoms with E-state index in [1.807, 2.05) is 12.1 Å². The summed E-state index contributed by atoms with van der Waals surface area (Å²) in [6.45, 7) is 3.03. The lowest BCUT2D eigenvalue weighted by Crippen LogP contribution is -2.41. The van der Waals surface area contributed by atoms with Gasteiger partial charge in [0.15, 0.2) is 0 Å². The van der Waals surface area contributed by atoms with Crippen molar-refractivity contribution in [1.82, 2.24) is 5.32 Å². The smallest absolute Gasteiger partial charge is 0.222 e. The van der Waals surface area contributed by atoms with Gasteiger partial charge in [-0.25, -0.2) is 0 Å². The molecule has 1 heterocycles. The molecule has 2 atom stereocenters. The molecule has 1 saturated heterocycles. The molecule has 0 aliphatic carbocycles. The van der Waals surface area contributed by atoms with E-state index in [9.17, 15) is 4.79 Å². The molecule has 1 aromatic rings. The lowest BCUT2D eigenvalue weighted by molar-refractivity contribution is -0.123. The minimum Gasteiger partial charge on any atom is -0.369 e. The van der Waals surface area contributed by atoms with Crippen molar-refractivity contribution in [2.45, 2.75) is 25.8 Å². The summed E-state index contributed by atoms with van der Waals surface area (Å²) in [6.07, 6.45) is 1.91. The van der Waals surface area contributed by atoms with Gasteiger partial charge in [0.2, 0.25) is 5.91 Å². The normalized spacial score (nSPS) is 25.3. The van der Waals surface area contributed by atoms with E-state index >= 15 is 0 Å². The topological polar surface area (TPSA) is 55.1 Å². The van der Waals surface area contributed by atoms with Crippen LogP contribution in [0.25, 0.3) is 0 Å². The van der Waals surface area contributed by atoms with E-state index in [0.29, 0.717) is 0 Å². The van der Waals surface area contributed by atoms with Crippen molar-refractivity contribution < 1.29 is 4.79 Å². The average Bonchev–Trinajstić information content (AvgIpc) is 2.29. The maximum Gasteiger partial charge on any atom is 0.222 e. The molecule has 0 aromatic heterocycles. The van der Waals surface area contributed by atoms with Crippen LogP contribution in [0.3, 0.4) is 0 Å². The number of carbonyl (C=O) groups is 1. The first-order valence-electron chi connectivity index (χ1n) is 5.78. The van der Waals surface area contributed by atoms with Gasteiger partial charge in [0.25, 0.3) is 0 Å². The second-order valence-electron chi connectivity index (χ2n) is 4.44. The third-order valence-corrected chi connectivity index (χ3v) is 3.35. The largest absolute Gasteiger partial charge is 0.369 e. The molecule has 16 heavy (non-hydrogen) atoms. The summed E-state index contributed by atoms with van der Waals surface area (Å²) in [7, 11) is 0. The van der Waals surface area contributed by atoms with Crippen LogP contribution in [0.1, 0.15) is 30.0 Å². The van der Waals surface area contributed by atoms with Gasteiger partial charge in [0.05, 0.1) is 5.92 Å². The maximum absolute atomic E-state index is 11.4. The SMILES string of the molecule is Cc1ccccc1C1NCCCC1C(N)=O. The van der Waals surface area contributed by atoms with Crippen molar-refractivity contribution >= 4 is 5.91 Å². The first kappa shape index (κ1) is 11.1. The fraction of sp³-hybridized carbons (Fsp3) is 0.462. The standard InChI is InChI=1S/C13H18N2O/c1-9-5-2-3-6-10(9)12-11(13(14)16)7-4-8-15-12/h2-3,5-6,11-12,15H,4,7-8H2,1H3,(H2,14,16). The summed E-state index contributed by atoms with van der Waals surface area (Å²) in [5.74, 6) is -0.268. The van der Waals surface area contributed by atoms with E-state index in [1.54, 1.807) is 0 Å². The van der Waals surface area contributed by atoms with Gasteiger partial charge in [0, 0.05) is 6.04 Å². The number of piperidine rings is 1. The van der Waals surface area contributed by atoms with Gasteiger partial charge in [-0.1, -0.05) is 24.3 Å². The van der Waals surface area contributed by atoms with Crippen molar-refractivity contribution in [1.29, 1.82) is 0 Å². The number of rotatable bonds is 2. The van der Waals surface area contributed by atoms with Crippen LogP contribution in [-0.4, -0.2) is 12.5 Å². The summed E-state index contributed by atoms with van der Waals surface area (Å²) in [5, 5.41) is 3.41. The summed E-state index contributed by atoms with van der Waals surface area (Å²) in [6, 6.07) is 8.27. The zero-order valence-corrected chi connectivity index (χ0v) is 9.57. The molecule has 2 unspecified atom stereocenters. The molecular weight excluding hydrogens is 200 g/mol. The molecule has 1 aromatic carbocycles. The number of benzene rings is 1. The first-order chi connectivity index (χ1) is 7.70. The molecule has 0 saturated carbocycles. The van der Waals surface area contributed by atoms with Gasteiger partial charge < -0.3 is 11.1 Å². The molecule has 2 rings (SSSR count). The minimum absolute atomic E-state index is 0.0742. The number of amides is 1. The number of nitrogens with one attached hydrogen (secondary N) is 1. The van der Waals surface area contributed by atoms with Gasteiger partial charge in [-0.15, -0.1) is 0 Å². The Labute approximate surface area is 96.0 Å². The van der Waals surface area contributed by atoms with E-state index in [2.05, 4.69) is 24.4 Å². The van der Waals surface area contributed by atoms with Crippen molar-refractivity contribution in [2.24, 2.45) is 11.7 Å². The van der Waals surface area contributed by atoms with E-state index in [-0.39, 0.29) is 17.9 Å². The van der Waals surface area contributed by atoms with Crippen molar-refractivity contribution in [3.8, 4) is 0 Å². The quantitative estimate of drug-likeness (QED) is 0.790. The number of hydrogen-bond acceptors (Lipinski definition) is 2. The Morgan fingerprint density at radius 1 is 1.44 bits per heavy atom. The number of aryl methyl sites for hydroxylation is 1. The molecule has 0 bridgehead atoms. The highest BCUT2D eigenvalue weighted by Gasteiger charge is 2.30. The fourth-order valence-electron chi connectivity index (χ4n) is 2.46. The van der Waals surface area contributed by atoms with Gasteiger partial charge in [-0.3, -0.25) is 4.79 Å². The van der Waals surface area contributed by atoms with Crippen LogP contribution in [-0.2, 0) is 4.79 Å². The Kier molecular flexibility index (Phi) is 3.25. The van der Waals surface area contributed by atoms with Crippen molar-refractivity contribution in [3.05, 3.63) is 35.4 Å². The summed E-state index contributed by atoms with van der Waals surface area (Å²) in [5.41, 5.74) is 7.88. The van der Waals surface area contributed by atoms with Crippen LogP contribution in [0.5, 0.6) is 0 Å². The molecule has 1 aliphatic rings. The lowest BCUT2D eigenvalue weighted by Gasteiger charge is -2.31. The zero-order chi connectivity index (χ0) is 11.5. The molecule has 1 amide bonds. The molecule has 86 valence electrons. The zero-order valence-electron chi connectivity index (χ0n) is 9.57. The number of hydrogen-bond donors (Lipinski definition) is 2. The molecule has 3 N–H and O–H groups in total. The van der Waals surface area contributed by atoms with Crippen LogP contribution < -0.4 is 11.1 Å². The van der Waals surface area contributed by atoms with E-state index in [1.165, 1.54) is 11.1 Å². The van der Waals surface area contributed by atoms with Crippen LogP contribution >= 0.6 is 0 Å². The number of primary amides is 1.